The topological polar surface area (TPSA) is 3.24 Å². The van der Waals surface area contributed by atoms with E-state index in [9.17, 15) is 4.39 Å². The molecule has 0 spiro atoms. The molecular weight excluding hydrogens is 117 g/mol. The fraction of sp³-hybridized carbons (Fsp3) is 1.00. The van der Waals surface area contributed by atoms with Gasteiger partial charge in [0.2, 0.25) is 0 Å². The minimum Gasteiger partial charge on any atom is -0.307 e. The zero-order valence-electron chi connectivity index (χ0n) is 7.11. The quantitative estimate of drug-likeness (QED) is 0.559. The van der Waals surface area contributed by atoms with E-state index in [0.717, 1.165) is 0 Å². The summed E-state index contributed by atoms with van der Waals surface area (Å²) in [5, 5.41) is 0. The predicted molar refractivity (Wildman–Crippen MR) is 40.5 cm³/mol. The first-order valence-electron chi connectivity index (χ1n) is 3.41. The first-order chi connectivity index (χ1) is 4.13. The molecule has 0 heterocycles. The minimum atomic E-state index is -0.699. The van der Waals surface area contributed by atoms with Crippen LogP contribution in [0.5, 0.6) is 0 Å². The molecule has 0 aromatic carbocycles. The van der Waals surface area contributed by atoms with Gasteiger partial charge in [-0.05, 0) is 21.0 Å². The molecule has 0 rings (SSSR count). The lowest BCUT2D eigenvalue weighted by Crippen LogP contribution is -2.19. The fourth-order valence-electron chi connectivity index (χ4n) is 0.503. The molecule has 9 heavy (non-hydrogen) atoms. The highest BCUT2D eigenvalue weighted by atomic mass is 19.1. The van der Waals surface area contributed by atoms with Crippen LogP contribution in [0, 0.1) is 0 Å². The Morgan fingerprint density at radius 3 is 1.67 bits per heavy atom. The maximum atomic E-state index is 11.9. The summed E-state index contributed by atoms with van der Waals surface area (Å²) in [5.41, 5.74) is 0. The molecule has 1 unspecified atom stereocenters. The van der Waals surface area contributed by atoms with Crippen LogP contribution in [0.3, 0.4) is 0 Å². The Labute approximate surface area is 57.9 Å². The number of halogens is 1. The van der Waals surface area contributed by atoms with Gasteiger partial charge in [-0.3, -0.25) is 0 Å². The van der Waals surface area contributed by atoms with Gasteiger partial charge in [-0.25, -0.2) is 4.39 Å². The molecule has 0 aliphatic carbocycles. The number of hydrogen-bond acceptors (Lipinski definition) is 1. The van der Waals surface area contributed by atoms with Crippen LogP contribution < -0.4 is 0 Å². The van der Waals surface area contributed by atoms with Crippen LogP contribution in [-0.4, -0.2) is 31.7 Å². The van der Waals surface area contributed by atoms with Gasteiger partial charge in [0.1, 0.15) is 6.17 Å². The van der Waals surface area contributed by atoms with Crippen molar-refractivity contribution in [2.45, 2.75) is 26.9 Å². The van der Waals surface area contributed by atoms with Crippen LogP contribution in [0.25, 0.3) is 0 Å². The molecular formula is C7H18FN. The maximum Gasteiger partial charge on any atom is 0.110 e. The van der Waals surface area contributed by atoms with Gasteiger partial charge in [0.15, 0.2) is 0 Å². The van der Waals surface area contributed by atoms with Crippen molar-refractivity contribution >= 4 is 0 Å². The molecule has 0 aromatic heterocycles. The van der Waals surface area contributed by atoms with Gasteiger partial charge in [-0.1, -0.05) is 13.8 Å². The second kappa shape index (κ2) is 7.89. The molecule has 0 N–H and O–H groups in total. The maximum absolute atomic E-state index is 11.9. The van der Waals surface area contributed by atoms with Crippen molar-refractivity contribution < 1.29 is 4.39 Å². The molecule has 1 nitrogen and oxygen atoms in total. The Morgan fingerprint density at radius 1 is 1.33 bits per heavy atom. The van der Waals surface area contributed by atoms with Crippen LogP contribution >= 0.6 is 0 Å². The van der Waals surface area contributed by atoms with Crippen LogP contribution in [0.2, 0.25) is 0 Å². The van der Waals surface area contributed by atoms with E-state index < -0.39 is 6.17 Å². The number of alkyl halides is 1. The molecule has 0 saturated carbocycles. The van der Waals surface area contributed by atoms with Crippen LogP contribution in [0.15, 0.2) is 0 Å². The van der Waals surface area contributed by atoms with E-state index in [1.54, 1.807) is 6.92 Å². The first kappa shape index (κ1) is 11.7. The van der Waals surface area contributed by atoms with Crippen molar-refractivity contribution in [3.63, 3.8) is 0 Å². The summed E-state index contributed by atoms with van der Waals surface area (Å²) in [6.45, 7) is 6.08. The summed E-state index contributed by atoms with van der Waals surface area (Å²) >= 11 is 0. The molecule has 58 valence electrons. The Hall–Kier alpha value is -0.110. The SMILES string of the molecule is CC.CC(F)CN(C)C. The van der Waals surface area contributed by atoms with Crippen molar-refractivity contribution in [2.24, 2.45) is 0 Å². The molecule has 0 aromatic rings. The lowest BCUT2D eigenvalue weighted by molar-refractivity contribution is 0.265. The van der Waals surface area contributed by atoms with E-state index in [1.807, 2.05) is 32.8 Å². The molecule has 0 fully saturated rings. The molecule has 1 atom stereocenters. The van der Waals surface area contributed by atoms with E-state index in [1.165, 1.54) is 0 Å². The highest BCUT2D eigenvalue weighted by Crippen LogP contribution is 1.87. The summed E-state index contributed by atoms with van der Waals surface area (Å²) in [6.07, 6.45) is -0.699. The van der Waals surface area contributed by atoms with Gasteiger partial charge in [0.25, 0.3) is 0 Å². The molecule has 0 bridgehead atoms. The first-order valence-corrected chi connectivity index (χ1v) is 3.41. The van der Waals surface area contributed by atoms with E-state index in [-0.39, 0.29) is 0 Å². The lowest BCUT2D eigenvalue weighted by atomic mass is 10.4. The third kappa shape index (κ3) is 18.1. The summed E-state index contributed by atoms with van der Waals surface area (Å²) in [6, 6.07) is 0. The predicted octanol–water partition coefficient (Wildman–Crippen LogP) is 1.93. The second-order valence-electron chi connectivity index (χ2n) is 2.04. The smallest absolute Gasteiger partial charge is 0.110 e. The van der Waals surface area contributed by atoms with Crippen LogP contribution in [0.1, 0.15) is 20.8 Å². The van der Waals surface area contributed by atoms with Crippen molar-refractivity contribution in [3.05, 3.63) is 0 Å². The Kier molecular flexibility index (Phi) is 10.2. The summed E-state index contributed by atoms with van der Waals surface area (Å²) in [7, 11) is 3.71. The van der Waals surface area contributed by atoms with Crippen LogP contribution in [-0.2, 0) is 0 Å². The summed E-state index contributed by atoms with van der Waals surface area (Å²) < 4.78 is 11.9. The normalized spacial score (nSPS) is 12.3. The standard InChI is InChI=1S/C5H12FN.C2H6/c1-5(6)4-7(2)3;1-2/h5H,4H2,1-3H3;1-2H3. The van der Waals surface area contributed by atoms with Gasteiger partial charge in [0, 0.05) is 6.54 Å². The van der Waals surface area contributed by atoms with Crippen molar-refractivity contribution in [3.8, 4) is 0 Å². The Bertz CT molecular complexity index is 38.2. The number of nitrogens with zero attached hydrogens (tertiary/aromatic N) is 1. The fourth-order valence-corrected chi connectivity index (χ4v) is 0.503. The van der Waals surface area contributed by atoms with Gasteiger partial charge < -0.3 is 4.90 Å². The van der Waals surface area contributed by atoms with E-state index >= 15 is 0 Å². The second-order valence-corrected chi connectivity index (χ2v) is 2.04. The Morgan fingerprint density at radius 2 is 1.67 bits per heavy atom. The molecule has 0 amide bonds. The van der Waals surface area contributed by atoms with E-state index in [2.05, 4.69) is 0 Å². The summed E-state index contributed by atoms with van der Waals surface area (Å²) in [5.74, 6) is 0. The zero-order valence-corrected chi connectivity index (χ0v) is 7.11. The van der Waals surface area contributed by atoms with Crippen LogP contribution in [0.4, 0.5) is 4.39 Å². The van der Waals surface area contributed by atoms with Gasteiger partial charge in [0.05, 0.1) is 0 Å². The Balaban J connectivity index is 0. The number of rotatable bonds is 2. The molecule has 0 aliphatic rings. The monoisotopic (exact) mass is 135 g/mol. The molecule has 0 radical (unpaired) electrons. The highest BCUT2D eigenvalue weighted by molar-refractivity contribution is 4.48. The van der Waals surface area contributed by atoms with Crippen molar-refractivity contribution in [1.29, 1.82) is 0 Å². The van der Waals surface area contributed by atoms with Gasteiger partial charge >= 0.3 is 0 Å². The summed E-state index contributed by atoms with van der Waals surface area (Å²) in [4.78, 5) is 1.82. The zero-order chi connectivity index (χ0) is 7.86. The van der Waals surface area contributed by atoms with E-state index in [0.29, 0.717) is 6.54 Å². The van der Waals surface area contributed by atoms with Crippen molar-refractivity contribution in [2.75, 3.05) is 20.6 Å². The highest BCUT2D eigenvalue weighted by Gasteiger charge is 1.96. The van der Waals surface area contributed by atoms with E-state index in [4.69, 9.17) is 0 Å². The van der Waals surface area contributed by atoms with Gasteiger partial charge in [-0.15, -0.1) is 0 Å². The average molecular weight is 135 g/mol. The molecule has 2 heteroatoms. The average Bonchev–Trinajstić information content (AvgIpc) is 1.68. The lowest BCUT2D eigenvalue weighted by Gasteiger charge is -2.08. The molecule has 0 aliphatic heterocycles. The largest absolute Gasteiger partial charge is 0.307 e. The molecule has 0 saturated heterocycles. The third-order valence-electron chi connectivity index (χ3n) is 0.617. The van der Waals surface area contributed by atoms with Crippen molar-refractivity contribution in [1.82, 2.24) is 4.90 Å². The minimum absolute atomic E-state index is 0.528. The number of hydrogen-bond donors (Lipinski definition) is 0. The third-order valence-corrected chi connectivity index (χ3v) is 0.617. The van der Waals surface area contributed by atoms with Gasteiger partial charge in [-0.2, -0.15) is 0 Å².